The minimum Gasteiger partial charge on any atom is -0.308 e. The van der Waals surface area contributed by atoms with Gasteiger partial charge in [-0.15, -0.1) is 0 Å². The molecule has 3 N–H and O–H groups in total. The highest BCUT2D eigenvalue weighted by atomic mass is 35.5. The molecule has 4 nitrogen and oxygen atoms in total. The summed E-state index contributed by atoms with van der Waals surface area (Å²) in [7, 11) is -4.36. The smallest absolute Gasteiger partial charge is 0.274 e. The molecule has 0 heterocycles. The number of benzene rings is 1. The van der Waals surface area contributed by atoms with Crippen LogP contribution in [0.15, 0.2) is 48.6 Å². The number of alkyl halides is 1. The lowest BCUT2D eigenvalue weighted by Gasteiger charge is -2.32. The third kappa shape index (κ3) is 2.35. The Morgan fingerprint density at radius 1 is 1.28 bits per heavy atom. The van der Waals surface area contributed by atoms with Gasteiger partial charge >= 0.3 is 0 Å². The molecule has 0 saturated carbocycles. The van der Waals surface area contributed by atoms with E-state index in [4.69, 9.17) is 17.3 Å². The van der Waals surface area contributed by atoms with Crippen LogP contribution >= 0.6 is 11.6 Å². The van der Waals surface area contributed by atoms with Gasteiger partial charge in [0.15, 0.2) is 0 Å². The molecule has 1 aromatic carbocycles. The van der Waals surface area contributed by atoms with E-state index in [1.165, 1.54) is 12.2 Å². The Morgan fingerprint density at radius 3 is 2.44 bits per heavy atom. The summed E-state index contributed by atoms with van der Waals surface area (Å²) in [4.78, 5) is -1.69. The first-order valence-corrected chi connectivity index (χ1v) is 7.10. The van der Waals surface area contributed by atoms with Crippen LogP contribution in [-0.4, -0.2) is 23.2 Å². The van der Waals surface area contributed by atoms with Crippen molar-refractivity contribution in [1.29, 1.82) is 0 Å². The average molecular weight is 286 g/mol. The first kappa shape index (κ1) is 13.3. The highest BCUT2D eigenvalue weighted by Gasteiger charge is 2.44. The zero-order valence-electron chi connectivity index (χ0n) is 9.32. The van der Waals surface area contributed by atoms with Crippen molar-refractivity contribution < 1.29 is 13.0 Å². The summed E-state index contributed by atoms with van der Waals surface area (Å²) in [5.41, 5.74) is 7.06. The summed E-state index contributed by atoms with van der Waals surface area (Å²) in [5.74, 6) is 0. The van der Waals surface area contributed by atoms with Crippen molar-refractivity contribution in [2.75, 3.05) is 0 Å². The normalized spacial score (nSPS) is 27.9. The van der Waals surface area contributed by atoms with E-state index in [1.807, 2.05) is 6.07 Å². The summed E-state index contributed by atoms with van der Waals surface area (Å²) in [5, 5.41) is -1.37. The Bertz CT molecular complexity index is 605. The van der Waals surface area contributed by atoms with Crippen LogP contribution in [-0.2, 0) is 10.1 Å². The minimum atomic E-state index is -4.36. The maximum Gasteiger partial charge on any atom is 0.274 e. The molecule has 2 atom stereocenters. The third-order valence-electron chi connectivity index (χ3n) is 2.78. The Balaban J connectivity index is 2.51. The molecule has 1 aromatic rings. The van der Waals surface area contributed by atoms with E-state index < -0.39 is 20.4 Å². The quantitative estimate of drug-likeness (QED) is 0.493. The van der Waals surface area contributed by atoms with Crippen LogP contribution < -0.4 is 5.73 Å². The molecule has 2 unspecified atom stereocenters. The van der Waals surface area contributed by atoms with Crippen LogP contribution in [0.2, 0.25) is 0 Å². The number of allylic oxidation sites excluding steroid dienone is 2. The van der Waals surface area contributed by atoms with Crippen LogP contribution in [0.25, 0.3) is 5.57 Å². The van der Waals surface area contributed by atoms with Crippen molar-refractivity contribution >= 4 is 27.3 Å². The van der Waals surface area contributed by atoms with E-state index in [-0.39, 0.29) is 0 Å². The molecule has 0 aromatic heterocycles. The van der Waals surface area contributed by atoms with Crippen LogP contribution in [0.4, 0.5) is 0 Å². The molecule has 0 bridgehead atoms. The predicted octanol–water partition coefficient (Wildman–Crippen LogP) is 1.79. The van der Waals surface area contributed by atoms with E-state index in [0.29, 0.717) is 11.1 Å². The number of hydrogen-bond donors (Lipinski definition) is 2. The molecule has 0 radical (unpaired) electrons. The monoisotopic (exact) mass is 285 g/mol. The van der Waals surface area contributed by atoms with Gasteiger partial charge in [0.05, 0.1) is 0 Å². The fourth-order valence-corrected chi connectivity index (χ4v) is 3.36. The molecule has 96 valence electrons. The molecule has 0 amide bonds. The van der Waals surface area contributed by atoms with Gasteiger partial charge in [-0.05, 0) is 11.1 Å². The largest absolute Gasteiger partial charge is 0.308 e. The lowest BCUT2D eigenvalue weighted by Crippen LogP contribution is -2.50. The van der Waals surface area contributed by atoms with Crippen LogP contribution in [0.1, 0.15) is 5.56 Å². The lowest BCUT2D eigenvalue weighted by atomic mass is 9.92. The SMILES string of the molecule is NC1(Cl)C(c2ccccc2)=CC=CC1S(=O)(=O)O. The van der Waals surface area contributed by atoms with Gasteiger partial charge in [-0.25, -0.2) is 0 Å². The fraction of sp³-hybridized carbons (Fsp3) is 0.167. The maximum absolute atomic E-state index is 11.3. The van der Waals surface area contributed by atoms with Crippen LogP contribution in [0, 0.1) is 0 Å². The van der Waals surface area contributed by atoms with Gasteiger partial charge in [-0.3, -0.25) is 4.55 Å². The third-order valence-corrected chi connectivity index (χ3v) is 4.52. The number of rotatable bonds is 2. The minimum absolute atomic E-state index is 0.454. The first-order valence-electron chi connectivity index (χ1n) is 5.22. The second kappa shape index (κ2) is 4.51. The summed E-state index contributed by atoms with van der Waals surface area (Å²) < 4.78 is 31.8. The first-order chi connectivity index (χ1) is 8.33. The van der Waals surface area contributed by atoms with Crippen molar-refractivity contribution in [2.45, 2.75) is 10.2 Å². The molecular formula is C12H12ClNO3S. The van der Waals surface area contributed by atoms with Gasteiger partial charge < -0.3 is 5.73 Å². The van der Waals surface area contributed by atoms with Gasteiger partial charge in [0.1, 0.15) is 10.2 Å². The molecule has 0 saturated heterocycles. The average Bonchev–Trinajstić information content (AvgIpc) is 2.27. The van der Waals surface area contributed by atoms with Gasteiger partial charge in [-0.1, -0.05) is 60.2 Å². The van der Waals surface area contributed by atoms with Gasteiger partial charge in [0.2, 0.25) is 0 Å². The summed E-state index contributed by atoms with van der Waals surface area (Å²) in [6, 6.07) is 8.97. The van der Waals surface area contributed by atoms with Crippen molar-refractivity contribution in [3.05, 3.63) is 54.1 Å². The molecule has 0 aliphatic heterocycles. The van der Waals surface area contributed by atoms with Crippen LogP contribution in [0.3, 0.4) is 0 Å². The number of nitrogens with two attached hydrogens (primary N) is 1. The molecule has 1 aliphatic carbocycles. The van der Waals surface area contributed by atoms with E-state index in [2.05, 4.69) is 0 Å². The van der Waals surface area contributed by atoms with E-state index in [1.54, 1.807) is 30.3 Å². The maximum atomic E-state index is 11.3. The molecule has 6 heteroatoms. The standard InChI is InChI=1S/C12H12ClNO3S/c13-12(14)10(9-5-2-1-3-6-9)7-4-8-11(12)18(15,16)17/h1-8,11H,14H2,(H,15,16,17). The topological polar surface area (TPSA) is 80.4 Å². The van der Waals surface area contributed by atoms with Gasteiger partial charge in [0, 0.05) is 0 Å². The Labute approximate surface area is 111 Å². The van der Waals surface area contributed by atoms with Crippen molar-refractivity contribution in [1.82, 2.24) is 0 Å². The summed E-state index contributed by atoms with van der Waals surface area (Å²) in [6.07, 6.45) is 4.44. The summed E-state index contributed by atoms with van der Waals surface area (Å²) in [6.45, 7) is 0. The van der Waals surface area contributed by atoms with E-state index in [9.17, 15) is 13.0 Å². The second-order valence-electron chi connectivity index (χ2n) is 4.03. The second-order valence-corrected chi connectivity index (χ2v) is 6.20. The highest BCUT2D eigenvalue weighted by Crippen LogP contribution is 2.37. The fourth-order valence-electron chi connectivity index (χ4n) is 1.92. The molecule has 1 aliphatic rings. The molecule has 18 heavy (non-hydrogen) atoms. The van der Waals surface area contributed by atoms with Gasteiger partial charge in [0.25, 0.3) is 10.1 Å². The van der Waals surface area contributed by atoms with Gasteiger partial charge in [-0.2, -0.15) is 8.42 Å². The van der Waals surface area contributed by atoms with E-state index >= 15 is 0 Å². The Hall–Kier alpha value is -1.14. The highest BCUT2D eigenvalue weighted by molar-refractivity contribution is 7.86. The Morgan fingerprint density at radius 2 is 1.89 bits per heavy atom. The van der Waals surface area contributed by atoms with Crippen LogP contribution in [0.5, 0.6) is 0 Å². The van der Waals surface area contributed by atoms with Crippen molar-refractivity contribution in [3.63, 3.8) is 0 Å². The number of hydrogen-bond acceptors (Lipinski definition) is 3. The van der Waals surface area contributed by atoms with E-state index in [0.717, 1.165) is 0 Å². The predicted molar refractivity (Wildman–Crippen MR) is 71.7 cm³/mol. The lowest BCUT2D eigenvalue weighted by molar-refractivity contribution is 0.467. The van der Waals surface area contributed by atoms with Crippen molar-refractivity contribution in [3.8, 4) is 0 Å². The molecular weight excluding hydrogens is 274 g/mol. The zero-order valence-corrected chi connectivity index (χ0v) is 10.9. The molecule has 0 fully saturated rings. The Kier molecular flexibility index (Phi) is 3.33. The zero-order chi connectivity index (χ0) is 13.4. The summed E-state index contributed by atoms with van der Waals surface area (Å²) >= 11 is 6.14. The number of halogens is 1. The molecule has 0 spiro atoms. The molecule has 2 rings (SSSR count). The van der Waals surface area contributed by atoms with Crippen molar-refractivity contribution in [2.24, 2.45) is 5.73 Å².